The van der Waals surface area contributed by atoms with Crippen LogP contribution in [-0.4, -0.2) is 24.5 Å². The normalized spacial score (nSPS) is 12.2. The summed E-state index contributed by atoms with van der Waals surface area (Å²) in [7, 11) is 1.17. The number of carbonyl (C=O) groups excluding carboxylic acids is 1. The molecular formula is C25H30ClF3N2O. The van der Waals surface area contributed by atoms with Gasteiger partial charge < -0.3 is 10.2 Å². The number of carbonyl (C=O) groups is 1. The van der Waals surface area contributed by atoms with Gasteiger partial charge in [0.1, 0.15) is 11.5 Å². The average Bonchev–Trinajstić information content (AvgIpc) is 2.69. The molecule has 1 aromatic rings. The fraction of sp³-hybridized carbons (Fsp3) is 0.320. The Morgan fingerprint density at radius 3 is 2.38 bits per heavy atom. The van der Waals surface area contributed by atoms with Gasteiger partial charge in [-0.25, -0.2) is 0 Å². The zero-order valence-corrected chi connectivity index (χ0v) is 19.5. The first-order chi connectivity index (χ1) is 14.7. The average molecular weight is 467 g/mol. The van der Waals surface area contributed by atoms with Gasteiger partial charge in [0.25, 0.3) is 0 Å². The summed E-state index contributed by atoms with van der Waals surface area (Å²) in [6, 6.07) is 4.60. The van der Waals surface area contributed by atoms with Crippen LogP contribution in [0.25, 0.3) is 11.6 Å². The molecule has 0 saturated heterocycles. The molecule has 0 aromatic heterocycles. The van der Waals surface area contributed by atoms with E-state index < -0.39 is 11.9 Å². The minimum absolute atomic E-state index is 0.207. The smallest absolute Gasteiger partial charge is 0.327 e. The van der Waals surface area contributed by atoms with Crippen molar-refractivity contribution < 1.29 is 18.0 Å². The maximum absolute atomic E-state index is 13.7. The number of benzene rings is 1. The number of nitrogens with zero attached hydrogens (tertiary/aromatic N) is 1. The molecule has 174 valence electrons. The van der Waals surface area contributed by atoms with Gasteiger partial charge in [0.15, 0.2) is 0 Å². The van der Waals surface area contributed by atoms with Crippen LogP contribution < -0.4 is 5.32 Å². The van der Waals surface area contributed by atoms with Crippen LogP contribution in [0.1, 0.15) is 44.2 Å². The van der Waals surface area contributed by atoms with E-state index >= 15 is 0 Å². The van der Waals surface area contributed by atoms with E-state index in [4.69, 9.17) is 11.6 Å². The van der Waals surface area contributed by atoms with Crippen LogP contribution in [0.3, 0.4) is 0 Å². The molecule has 0 aliphatic carbocycles. The van der Waals surface area contributed by atoms with Crippen molar-refractivity contribution in [3.63, 3.8) is 0 Å². The van der Waals surface area contributed by atoms with E-state index in [1.54, 1.807) is 12.1 Å². The van der Waals surface area contributed by atoms with Crippen LogP contribution in [0.15, 0.2) is 67.7 Å². The van der Waals surface area contributed by atoms with Gasteiger partial charge in [-0.3, -0.25) is 4.79 Å². The second-order valence-electron chi connectivity index (χ2n) is 8.13. The first-order valence-electron chi connectivity index (χ1n) is 9.93. The minimum atomic E-state index is -4.68. The Balaban J connectivity index is 3.30. The zero-order valence-electron chi connectivity index (χ0n) is 18.8. The fourth-order valence-electron chi connectivity index (χ4n) is 3.11. The van der Waals surface area contributed by atoms with Crippen molar-refractivity contribution in [2.24, 2.45) is 5.41 Å². The molecule has 0 spiro atoms. The van der Waals surface area contributed by atoms with Crippen molar-refractivity contribution >= 4 is 29.7 Å². The van der Waals surface area contributed by atoms with Crippen molar-refractivity contribution in [3.05, 3.63) is 83.8 Å². The molecule has 0 saturated carbocycles. The van der Waals surface area contributed by atoms with E-state index in [1.807, 2.05) is 19.9 Å². The van der Waals surface area contributed by atoms with Crippen LogP contribution in [0.2, 0.25) is 5.02 Å². The third-order valence-corrected chi connectivity index (χ3v) is 5.55. The van der Waals surface area contributed by atoms with Crippen LogP contribution in [0.5, 0.6) is 0 Å². The van der Waals surface area contributed by atoms with Crippen molar-refractivity contribution in [1.29, 1.82) is 0 Å². The Morgan fingerprint density at radius 1 is 1.22 bits per heavy atom. The lowest BCUT2D eigenvalue weighted by molar-refractivity contribution is -0.112. The summed E-state index contributed by atoms with van der Waals surface area (Å²) in [6.45, 7) is 19.6. The third-order valence-electron chi connectivity index (χ3n) is 5.22. The van der Waals surface area contributed by atoms with Gasteiger partial charge in [-0.2, -0.15) is 13.2 Å². The van der Waals surface area contributed by atoms with E-state index in [2.05, 4.69) is 31.6 Å². The minimum Gasteiger partial charge on any atom is -0.327 e. The molecule has 0 atom stereocenters. The highest BCUT2D eigenvalue weighted by atomic mass is 35.5. The molecule has 1 amide bonds. The van der Waals surface area contributed by atoms with Crippen molar-refractivity contribution in [2.75, 3.05) is 7.05 Å². The molecule has 0 bridgehead atoms. The molecule has 3 nitrogen and oxygen atoms in total. The molecule has 7 heteroatoms. The van der Waals surface area contributed by atoms with Crippen LogP contribution in [0, 0.1) is 5.41 Å². The van der Waals surface area contributed by atoms with Gasteiger partial charge in [-0.05, 0) is 59.6 Å². The maximum atomic E-state index is 13.7. The van der Waals surface area contributed by atoms with E-state index in [0.29, 0.717) is 22.6 Å². The van der Waals surface area contributed by atoms with E-state index in [0.717, 1.165) is 29.4 Å². The Labute approximate surface area is 193 Å². The lowest BCUT2D eigenvalue weighted by Gasteiger charge is -2.29. The molecule has 32 heavy (non-hydrogen) atoms. The number of rotatable bonds is 12. The molecular weight excluding hydrogens is 437 g/mol. The summed E-state index contributed by atoms with van der Waals surface area (Å²) in [5.41, 5.74) is 1.32. The summed E-state index contributed by atoms with van der Waals surface area (Å²) in [4.78, 5) is 11.4. The SMILES string of the molecule is C=CCCC(=C)C(C)(C)CC(=C)c1cc(/C=C(\N(C)C(=C)NC=O)C(F)(F)F)ccc1Cl. The van der Waals surface area contributed by atoms with Gasteiger partial charge in [0.05, 0.1) is 0 Å². The number of allylic oxidation sites excluding steroid dienone is 4. The van der Waals surface area contributed by atoms with Gasteiger partial charge >= 0.3 is 6.18 Å². The lowest BCUT2D eigenvalue weighted by atomic mass is 9.76. The van der Waals surface area contributed by atoms with Gasteiger partial charge in [0.2, 0.25) is 6.41 Å². The topological polar surface area (TPSA) is 32.3 Å². The molecule has 1 rings (SSSR count). The van der Waals surface area contributed by atoms with E-state index in [-0.39, 0.29) is 23.2 Å². The molecule has 0 aliphatic heterocycles. The second kappa shape index (κ2) is 11.2. The summed E-state index contributed by atoms with van der Waals surface area (Å²) >= 11 is 6.35. The molecule has 0 radical (unpaired) electrons. The quantitative estimate of drug-likeness (QED) is 0.258. The van der Waals surface area contributed by atoms with Crippen LogP contribution in [-0.2, 0) is 4.79 Å². The highest BCUT2D eigenvalue weighted by Crippen LogP contribution is 2.40. The Morgan fingerprint density at radius 2 is 1.84 bits per heavy atom. The maximum Gasteiger partial charge on any atom is 0.431 e. The monoisotopic (exact) mass is 466 g/mol. The number of nitrogens with one attached hydrogen (secondary N) is 1. The molecule has 1 aromatic carbocycles. The van der Waals surface area contributed by atoms with Crippen molar-refractivity contribution in [3.8, 4) is 0 Å². The predicted molar refractivity (Wildman–Crippen MR) is 128 cm³/mol. The third kappa shape index (κ3) is 7.45. The lowest BCUT2D eigenvalue weighted by Crippen LogP contribution is -2.32. The Kier molecular flexibility index (Phi) is 9.58. The summed E-state index contributed by atoms with van der Waals surface area (Å²) in [6.07, 6.45) is 0.540. The molecule has 1 N–H and O–H groups in total. The van der Waals surface area contributed by atoms with E-state index in [9.17, 15) is 18.0 Å². The number of halogens is 4. The van der Waals surface area contributed by atoms with Crippen LogP contribution >= 0.6 is 11.6 Å². The molecule has 0 heterocycles. The number of alkyl halides is 3. The highest BCUT2D eigenvalue weighted by Gasteiger charge is 2.37. The molecule has 0 fully saturated rings. The first kappa shape index (κ1) is 27.3. The van der Waals surface area contributed by atoms with Crippen molar-refractivity contribution in [2.45, 2.75) is 39.3 Å². The summed E-state index contributed by atoms with van der Waals surface area (Å²) in [5, 5.41) is 2.53. The number of amides is 1. The largest absolute Gasteiger partial charge is 0.431 e. The summed E-state index contributed by atoms with van der Waals surface area (Å²) < 4.78 is 41.0. The molecule has 0 aliphatic rings. The Hall–Kier alpha value is -2.73. The van der Waals surface area contributed by atoms with Gasteiger partial charge in [0, 0.05) is 12.1 Å². The zero-order chi connectivity index (χ0) is 24.7. The highest BCUT2D eigenvalue weighted by molar-refractivity contribution is 6.32. The number of hydrogen-bond donors (Lipinski definition) is 1. The van der Waals surface area contributed by atoms with Crippen molar-refractivity contribution in [1.82, 2.24) is 10.2 Å². The van der Waals surface area contributed by atoms with E-state index in [1.165, 1.54) is 13.1 Å². The first-order valence-corrected chi connectivity index (χ1v) is 10.3. The number of hydrogen-bond acceptors (Lipinski definition) is 2. The second-order valence-corrected chi connectivity index (χ2v) is 8.54. The molecule has 0 unspecified atom stereocenters. The van der Waals surface area contributed by atoms with Gasteiger partial charge in [-0.15, -0.1) is 6.58 Å². The Bertz CT molecular complexity index is 930. The van der Waals surface area contributed by atoms with Crippen LogP contribution in [0.4, 0.5) is 13.2 Å². The van der Waals surface area contributed by atoms with Gasteiger partial charge in [-0.1, -0.05) is 62.9 Å². The standard InChI is InChI=1S/C25H30ClF3N2O/c1-8-9-10-18(3)24(5,6)15-17(2)21-13-20(11-12-22(21)26)14-23(25(27,28)29)31(7)19(4)30-16-32/h8,11-14,16H,1-4,9-10,15H2,5-7H3,(H,30,32)/b23-14-. The fourth-order valence-corrected chi connectivity index (χ4v) is 3.36. The predicted octanol–water partition coefficient (Wildman–Crippen LogP) is 7.34. The summed E-state index contributed by atoms with van der Waals surface area (Å²) in [5.74, 6) is -0.207.